The summed E-state index contributed by atoms with van der Waals surface area (Å²) in [6, 6.07) is 7.03. The monoisotopic (exact) mass is 385 g/mol. The first-order valence-corrected chi connectivity index (χ1v) is 9.32. The van der Waals surface area contributed by atoms with Gasteiger partial charge in [-0.05, 0) is 37.6 Å². The molecule has 7 heteroatoms. The Hall–Kier alpha value is -2.80. The van der Waals surface area contributed by atoms with Crippen molar-refractivity contribution in [3.8, 4) is 11.5 Å². The Balaban J connectivity index is 2.04. The third-order valence-corrected chi connectivity index (χ3v) is 5.35. The van der Waals surface area contributed by atoms with Gasteiger partial charge in [0.25, 0.3) is 5.91 Å². The summed E-state index contributed by atoms with van der Waals surface area (Å²) >= 11 is 1.61. The average Bonchev–Trinajstić information content (AvgIpc) is 3.23. The summed E-state index contributed by atoms with van der Waals surface area (Å²) in [7, 11) is 5.10. The fraction of sp³-hybridized carbons (Fsp3) is 0.300. The molecule has 0 bridgehead atoms. The number of ether oxygens (including phenoxy) is 2. The highest BCUT2D eigenvalue weighted by atomic mass is 32.1. The number of amides is 1. The highest BCUT2D eigenvalue weighted by molar-refractivity contribution is 7.12. The van der Waals surface area contributed by atoms with Crippen LogP contribution in [0.15, 0.2) is 36.7 Å². The van der Waals surface area contributed by atoms with Crippen molar-refractivity contribution >= 4 is 17.2 Å². The highest BCUT2D eigenvalue weighted by Crippen LogP contribution is 2.30. The number of methoxy groups -OCH3 is 2. The zero-order valence-electron chi connectivity index (χ0n) is 16.1. The molecule has 0 radical (unpaired) electrons. The van der Waals surface area contributed by atoms with E-state index in [-0.39, 0.29) is 5.91 Å². The van der Waals surface area contributed by atoms with Gasteiger partial charge in [-0.25, -0.2) is 4.98 Å². The van der Waals surface area contributed by atoms with Gasteiger partial charge in [-0.3, -0.25) is 4.79 Å². The molecule has 3 aromatic rings. The Morgan fingerprint density at radius 1 is 1.15 bits per heavy atom. The first-order valence-electron chi connectivity index (χ1n) is 8.51. The van der Waals surface area contributed by atoms with Crippen LogP contribution in [0.3, 0.4) is 0 Å². The van der Waals surface area contributed by atoms with Crippen molar-refractivity contribution in [2.75, 3.05) is 14.2 Å². The lowest BCUT2D eigenvalue weighted by Gasteiger charge is -2.20. The molecule has 1 atom stereocenters. The Morgan fingerprint density at radius 2 is 1.81 bits per heavy atom. The minimum Gasteiger partial charge on any atom is -0.497 e. The van der Waals surface area contributed by atoms with Gasteiger partial charge in [0.2, 0.25) is 0 Å². The number of nitrogens with one attached hydrogen (secondary N) is 1. The van der Waals surface area contributed by atoms with Crippen LogP contribution in [-0.2, 0) is 7.05 Å². The molecule has 0 fully saturated rings. The van der Waals surface area contributed by atoms with Crippen molar-refractivity contribution in [2.24, 2.45) is 7.05 Å². The minimum absolute atomic E-state index is 0.133. The smallest absolute Gasteiger partial charge is 0.253 e. The van der Waals surface area contributed by atoms with Crippen molar-refractivity contribution in [1.82, 2.24) is 14.9 Å². The zero-order chi connectivity index (χ0) is 19.6. The van der Waals surface area contributed by atoms with Gasteiger partial charge in [0, 0.05) is 35.3 Å². The van der Waals surface area contributed by atoms with E-state index in [1.807, 2.05) is 49.9 Å². The molecule has 0 saturated heterocycles. The molecule has 2 aromatic heterocycles. The SMILES string of the molecule is COc1cc(OC)cc(C(NC(=O)c2cc(C)sc2C)c2nccn2C)c1. The molecule has 0 aliphatic rings. The molecule has 0 saturated carbocycles. The summed E-state index contributed by atoms with van der Waals surface area (Å²) in [5.74, 6) is 1.90. The summed E-state index contributed by atoms with van der Waals surface area (Å²) in [5.41, 5.74) is 1.52. The molecule has 2 heterocycles. The van der Waals surface area contributed by atoms with E-state index >= 15 is 0 Å². The van der Waals surface area contributed by atoms with Gasteiger partial charge in [0.1, 0.15) is 23.4 Å². The molecular weight excluding hydrogens is 362 g/mol. The number of hydrogen-bond acceptors (Lipinski definition) is 5. The van der Waals surface area contributed by atoms with Gasteiger partial charge < -0.3 is 19.4 Å². The molecular formula is C20H23N3O3S. The molecule has 3 rings (SSSR count). The van der Waals surface area contributed by atoms with Crippen molar-refractivity contribution in [2.45, 2.75) is 19.9 Å². The van der Waals surface area contributed by atoms with E-state index in [0.717, 1.165) is 21.1 Å². The fourth-order valence-corrected chi connectivity index (χ4v) is 3.93. The van der Waals surface area contributed by atoms with Crippen LogP contribution in [-0.4, -0.2) is 29.7 Å². The van der Waals surface area contributed by atoms with Crippen molar-refractivity contribution < 1.29 is 14.3 Å². The normalized spacial score (nSPS) is 11.9. The number of nitrogens with zero attached hydrogens (tertiary/aromatic N) is 2. The van der Waals surface area contributed by atoms with E-state index in [0.29, 0.717) is 17.1 Å². The molecule has 0 spiro atoms. The largest absolute Gasteiger partial charge is 0.497 e. The highest BCUT2D eigenvalue weighted by Gasteiger charge is 2.24. The van der Waals surface area contributed by atoms with Crippen LogP contribution in [0.1, 0.15) is 37.5 Å². The lowest BCUT2D eigenvalue weighted by Crippen LogP contribution is -2.31. The predicted molar refractivity (Wildman–Crippen MR) is 106 cm³/mol. The predicted octanol–water partition coefficient (Wildman–Crippen LogP) is 3.64. The Kier molecular flexibility index (Phi) is 5.51. The Bertz CT molecular complexity index is 939. The lowest BCUT2D eigenvalue weighted by atomic mass is 10.0. The van der Waals surface area contributed by atoms with Crippen LogP contribution in [0.25, 0.3) is 0 Å². The van der Waals surface area contributed by atoms with Crippen LogP contribution in [0.2, 0.25) is 0 Å². The van der Waals surface area contributed by atoms with Gasteiger partial charge in [-0.2, -0.15) is 0 Å². The Morgan fingerprint density at radius 3 is 2.30 bits per heavy atom. The summed E-state index contributed by atoms with van der Waals surface area (Å²) < 4.78 is 12.7. The molecule has 1 N–H and O–H groups in total. The third-order valence-electron chi connectivity index (χ3n) is 4.38. The van der Waals surface area contributed by atoms with E-state index in [1.54, 1.807) is 37.8 Å². The lowest BCUT2D eigenvalue weighted by molar-refractivity contribution is 0.0941. The van der Waals surface area contributed by atoms with Crippen molar-refractivity contribution in [1.29, 1.82) is 0 Å². The molecule has 142 valence electrons. The maximum absolute atomic E-state index is 13.0. The van der Waals surface area contributed by atoms with Crippen LogP contribution in [0, 0.1) is 13.8 Å². The second-order valence-corrected chi connectivity index (χ2v) is 7.74. The number of carbonyl (C=O) groups excluding carboxylic acids is 1. The van der Waals surface area contributed by atoms with E-state index < -0.39 is 6.04 Å². The number of hydrogen-bond donors (Lipinski definition) is 1. The Labute approximate surface area is 162 Å². The minimum atomic E-state index is -0.443. The third kappa shape index (κ3) is 3.98. The molecule has 1 unspecified atom stereocenters. The molecule has 6 nitrogen and oxygen atoms in total. The first kappa shape index (κ1) is 19.0. The van der Waals surface area contributed by atoms with E-state index in [2.05, 4.69) is 10.3 Å². The quantitative estimate of drug-likeness (QED) is 0.704. The maximum atomic E-state index is 13.0. The number of aromatic nitrogens is 2. The van der Waals surface area contributed by atoms with Gasteiger partial charge in [0.15, 0.2) is 0 Å². The summed E-state index contributed by atoms with van der Waals surface area (Å²) in [6.07, 6.45) is 3.57. The summed E-state index contributed by atoms with van der Waals surface area (Å²) in [4.78, 5) is 19.5. The first-order chi connectivity index (χ1) is 12.9. The van der Waals surface area contributed by atoms with Crippen LogP contribution < -0.4 is 14.8 Å². The molecule has 27 heavy (non-hydrogen) atoms. The van der Waals surface area contributed by atoms with Crippen LogP contribution >= 0.6 is 11.3 Å². The molecule has 0 aliphatic heterocycles. The summed E-state index contributed by atoms with van der Waals surface area (Å²) in [5, 5.41) is 3.12. The van der Waals surface area contributed by atoms with Crippen molar-refractivity contribution in [3.63, 3.8) is 0 Å². The van der Waals surface area contributed by atoms with Crippen LogP contribution in [0.4, 0.5) is 0 Å². The van der Waals surface area contributed by atoms with Gasteiger partial charge in [-0.15, -0.1) is 11.3 Å². The fourth-order valence-electron chi connectivity index (χ4n) is 3.01. The van der Waals surface area contributed by atoms with E-state index in [9.17, 15) is 4.79 Å². The standard InChI is InChI=1S/C20H23N3O3S/c1-12-8-17(13(2)27-12)20(24)22-18(19-21-6-7-23(19)3)14-9-15(25-4)11-16(10-14)26-5/h6-11,18H,1-5H3,(H,22,24). The van der Waals surface area contributed by atoms with E-state index in [4.69, 9.17) is 9.47 Å². The molecule has 0 aliphatic carbocycles. The van der Waals surface area contributed by atoms with E-state index in [1.165, 1.54) is 0 Å². The number of thiophene rings is 1. The van der Waals surface area contributed by atoms with Gasteiger partial charge in [-0.1, -0.05) is 0 Å². The maximum Gasteiger partial charge on any atom is 0.253 e. The molecule has 1 amide bonds. The number of carbonyl (C=O) groups is 1. The average molecular weight is 385 g/mol. The second-order valence-electron chi connectivity index (χ2n) is 6.28. The topological polar surface area (TPSA) is 65.4 Å². The van der Waals surface area contributed by atoms with Gasteiger partial charge >= 0.3 is 0 Å². The van der Waals surface area contributed by atoms with Crippen LogP contribution in [0.5, 0.6) is 11.5 Å². The molecule has 1 aromatic carbocycles. The van der Waals surface area contributed by atoms with Crippen molar-refractivity contribution in [3.05, 3.63) is 63.4 Å². The number of imidazole rings is 1. The number of aryl methyl sites for hydroxylation is 3. The van der Waals surface area contributed by atoms with Gasteiger partial charge in [0.05, 0.1) is 19.8 Å². The zero-order valence-corrected chi connectivity index (χ0v) is 16.9. The second kappa shape index (κ2) is 7.84. The number of benzene rings is 1. The number of rotatable bonds is 6. The summed E-state index contributed by atoms with van der Waals surface area (Å²) in [6.45, 7) is 3.95.